The van der Waals surface area contributed by atoms with Gasteiger partial charge in [-0.25, -0.2) is 12.8 Å². The maximum absolute atomic E-state index is 13.9. The zero-order chi connectivity index (χ0) is 21.7. The predicted molar refractivity (Wildman–Crippen MR) is 98.3 cm³/mol. The Morgan fingerprint density at radius 1 is 1.17 bits per heavy atom. The quantitative estimate of drug-likeness (QED) is 0.745. The fraction of sp³-hybridized carbons (Fsp3) is 0.421. The van der Waals surface area contributed by atoms with Crippen LogP contribution in [-0.4, -0.2) is 24.8 Å². The zero-order valence-corrected chi connectivity index (χ0v) is 16.8. The molecular weight excluding hydrogens is 412 g/mol. The maximum atomic E-state index is 13.9. The highest BCUT2D eigenvalue weighted by atomic mass is 32.2. The molecule has 29 heavy (non-hydrogen) atoms. The standard InChI is InChI=1S/C19H20F4N2O3S/c1-17(2,3)29(26,27)25-18(8-10-28-15-5-4-9-24-16(15)18)12-6-7-14(20)13(11-12)19(21,22)23/h4-7,9,11,25H,8,10H2,1-3H3. The van der Waals surface area contributed by atoms with Gasteiger partial charge >= 0.3 is 6.18 Å². The number of fused-ring (bicyclic) bond motifs is 1. The van der Waals surface area contributed by atoms with Gasteiger partial charge in [-0.05, 0) is 50.6 Å². The van der Waals surface area contributed by atoms with Crippen molar-refractivity contribution in [1.29, 1.82) is 0 Å². The lowest BCUT2D eigenvalue weighted by Crippen LogP contribution is -2.54. The Hall–Kier alpha value is -2.20. The third kappa shape index (κ3) is 3.83. The van der Waals surface area contributed by atoms with Crippen LogP contribution in [0.3, 0.4) is 0 Å². The third-order valence-electron chi connectivity index (χ3n) is 4.79. The molecule has 0 bridgehead atoms. The fourth-order valence-corrected chi connectivity index (χ4v) is 4.17. The van der Waals surface area contributed by atoms with Gasteiger partial charge < -0.3 is 4.74 Å². The van der Waals surface area contributed by atoms with Gasteiger partial charge in [0.25, 0.3) is 0 Å². The van der Waals surface area contributed by atoms with Crippen molar-refractivity contribution in [2.45, 2.75) is 43.7 Å². The van der Waals surface area contributed by atoms with Gasteiger partial charge in [0.1, 0.15) is 22.8 Å². The molecule has 1 aromatic carbocycles. The molecule has 0 radical (unpaired) electrons. The lowest BCUT2D eigenvalue weighted by molar-refractivity contribution is -0.140. The number of halogens is 4. The van der Waals surface area contributed by atoms with E-state index in [-0.39, 0.29) is 30.0 Å². The number of ether oxygens (including phenoxy) is 1. The summed E-state index contributed by atoms with van der Waals surface area (Å²) < 4.78 is 86.7. The molecule has 3 rings (SSSR count). The number of alkyl halides is 3. The van der Waals surface area contributed by atoms with Crippen LogP contribution in [0.4, 0.5) is 17.6 Å². The minimum absolute atomic E-state index is 0.0186. The van der Waals surface area contributed by atoms with Crippen molar-refractivity contribution in [3.63, 3.8) is 0 Å². The molecule has 1 atom stereocenters. The van der Waals surface area contributed by atoms with E-state index in [0.717, 1.165) is 6.07 Å². The van der Waals surface area contributed by atoms with Crippen LogP contribution in [-0.2, 0) is 21.7 Å². The van der Waals surface area contributed by atoms with E-state index in [2.05, 4.69) is 9.71 Å². The molecule has 1 unspecified atom stereocenters. The molecule has 1 aliphatic heterocycles. The van der Waals surface area contributed by atoms with Gasteiger partial charge in [0.05, 0.1) is 16.9 Å². The summed E-state index contributed by atoms with van der Waals surface area (Å²) in [5.41, 5.74) is -3.07. The Morgan fingerprint density at radius 2 is 1.86 bits per heavy atom. The van der Waals surface area contributed by atoms with E-state index in [4.69, 9.17) is 4.74 Å². The summed E-state index contributed by atoms with van der Waals surface area (Å²) in [7, 11) is -4.03. The Morgan fingerprint density at radius 3 is 2.48 bits per heavy atom. The zero-order valence-electron chi connectivity index (χ0n) is 16.0. The van der Waals surface area contributed by atoms with Gasteiger partial charge in [-0.3, -0.25) is 4.98 Å². The number of sulfonamides is 1. The SMILES string of the molecule is CC(C)(C)S(=O)(=O)NC1(c2ccc(F)c(C(F)(F)F)c2)CCOc2cccnc21. The number of pyridine rings is 1. The smallest absolute Gasteiger partial charge is 0.419 e. The number of aromatic nitrogens is 1. The Balaban J connectivity index is 2.30. The maximum Gasteiger partial charge on any atom is 0.419 e. The monoisotopic (exact) mass is 432 g/mol. The van der Waals surface area contributed by atoms with Crippen molar-refractivity contribution < 1.29 is 30.7 Å². The number of nitrogens with zero attached hydrogens (tertiary/aromatic N) is 1. The molecule has 2 aromatic rings. The molecule has 2 heterocycles. The van der Waals surface area contributed by atoms with Crippen molar-refractivity contribution in [2.75, 3.05) is 6.61 Å². The highest BCUT2D eigenvalue weighted by Gasteiger charge is 2.47. The lowest BCUT2D eigenvalue weighted by Gasteiger charge is -2.40. The second kappa shape index (κ2) is 6.94. The molecule has 0 saturated carbocycles. The molecule has 1 N–H and O–H groups in total. The average Bonchev–Trinajstić information content (AvgIpc) is 2.60. The summed E-state index contributed by atoms with van der Waals surface area (Å²) in [6, 6.07) is 5.57. The summed E-state index contributed by atoms with van der Waals surface area (Å²) in [5, 5.41) is 0. The second-order valence-corrected chi connectivity index (χ2v) is 10.2. The first-order chi connectivity index (χ1) is 13.3. The van der Waals surface area contributed by atoms with E-state index < -0.39 is 37.9 Å². The van der Waals surface area contributed by atoms with Crippen molar-refractivity contribution in [3.8, 4) is 5.75 Å². The second-order valence-electron chi connectivity index (χ2n) is 7.76. The van der Waals surface area contributed by atoms with Crippen molar-refractivity contribution in [1.82, 2.24) is 9.71 Å². The van der Waals surface area contributed by atoms with E-state index in [0.29, 0.717) is 12.1 Å². The Bertz CT molecular complexity index is 1030. The lowest BCUT2D eigenvalue weighted by atomic mass is 9.82. The average molecular weight is 432 g/mol. The van der Waals surface area contributed by atoms with E-state index in [1.807, 2.05) is 0 Å². The normalized spacial score (nSPS) is 20.1. The minimum Gasteiger partial charge on any atom is -0.491 e. The number of nitrogens with one attached hydrogen (secondary N) is 1. The highest BCUT2D eigenvalue weighted by Crippen LogP contribution is 2.43. The van der Waals surface area contributed by atoms with Gasteiger partial charge in [0.2, 0.25) is 10.0 Å². The molecule has 0 fully saturated rings. The summed E-state index contributed by atoms with van der Waals surface area (Å²) in [6.07, 6.45) is -3.57. The largest absolute Gasteiger partial charge is 0.491 e. The molecule has 1 aliphatic rings. The van der Waals surface area contributed by atoms with Crippen LogP contribution in [0.1, 0.15) is 44.0 Å². The van der Waals surface area contributed by atoms with Gasteiger partial charge in [-0.1, -0.05) is 6.07 Å². The first-order valence-corrected chi connectivity index (χ1v) is 10.3. The first-order valence-electron chi connectivity index (χ1n) is 8.77. The van der Waals surface area contributed by atoms with Crippen molar-refractivity contribution in [3.05, 3.63) is 59.2 Å². The molecule has 10 heteroatoms. The third-order valence-corrected chi connectivity index (χ3v) is 7.02. The van der Waals surface area contributed by atoms with Crippen LogP contribution >= 0.6 is 0 Å². The van der Waals surface area contributed by atoms with Crippen molar-refractivity contribution >= 4 is 10.0 Å². The summed E-state index contributed by atoms with van der Waals surface area (Å²) in [6.45, 7) is 4.43. The van der Waals surface area contributed by atoms with Gasteiger partial charge in [-0.15, -0.1) is 0 Å². The minimum atomic E-state index is -4.94. The fourth-order valence-electron chi connectivity index (χ4n) is 3.09. The molecule has 5 nitrogen and oxygen atoms in total. The van der Waals surface area contributed by atoms with Crippen LogP contribution in [0.15, 0.2) is 36.5 Å². The molecular formula is C19H20F4N2O3S. The van der Waals surface area contributed by atoms with Crippen LogP contribution in [0, 0.1) is 5.82 Å². The van der Waals surface area contributed by atoms with E-state index >= 15 is 0 Å². The molecule has 1 aromatic heterocycles. The summed E-state index contributed by atoms with van der Waals surface area (Å²) >= 11 is 0. The van der Waals surface area contributed by atoms with Gasteiger partial charge in [-0.2, -0.15) is 17.9 Å². The van der Waals surface area contributed by atoms with E-state index in [9.17, 15) is 26.0 Å². The van der Waals surface area contributed by atoms with Crippen molar-refractivity contribution in [2.24, 2.45) is 0 Å². The number of hydrogen-bond donors (Lipinski definition) is 1. The molecule has 0 spiro atoms. The van der Waals surface area contributed by atoms with E-state index in [1.165, 1.54) is 27.0 Å². The van der Waals surface area contributed by atoms with Gasteiger partial charge in [0.15, 0.2) is 0 Å². The molecule has 0 amide bonds. The van der Waals surface area contributed by atoms with Crippen LogP contribution < -0.4 is 9.46 Å². The molecule has 0 aliphatic carbocycles. The number of rotatable bonds is 3. The molecule has 158 valence electrons. The number of benzene rings is 1. The van der Waals surface area contributed by atoms with Crippen LogP contribution in [0.5, 0.6) is 5.75 Å². The van der Waals surface area contributed by atoms with Crippen LogP contribution in [0.25, 0.3) is 0 Å². The first kappa shape index (κ1) is 21.5. The molecule has 0 saturated heterocycles. The highest BCUT2D eigenvalue weighted by molar-refractivity contribution is 7.90. The Kier molecular flexibility index (Phi) is 5.15. The number of hydrogen-bond acceptors (Lipinski definition) is 4. The van der Waals surface area contributed by atoms with Gasteiger partial charge in [0, 0.05) is 12.6 Å². The predicted octanol–water partition coefficient (Wildman–Crippen LogP) is 3.98. The van der Waals surface area contributed by atoms with Crippen LogP contribution in [0.2, 0.25) is 0 Å². The summed E-state index contributed by atoms with van der Waals surface area (Å²) in [5.74, 6) is -1.20. The topological polar surface area (TPSA) is 68.3 Å². The van der Waals surface area contributed by atoms with E-state index in [1.54, 1.807) is 12.1 Å². The Labute approximate surface area is 166 Å². The summed E-state index contributed by atoms with van der Waals surface area (Å²) in [4.78, 5) is 4.20.